The highest BCUT2D eigenvalue weighted by atomic mass is 35.5. The summed E-state index contributed by atoms with van der Waals surface area (Å²) in [6.45, 7) is 3.44. The molecule has 0 radical (unpaired) electrons. The van der Waals surface area contributed by atoms with E-state index >= 15 is 0 Å². The summed E-state index contributed by atoms with van der Waals surface area (Å²) in [7, 11) is 0. The van der Waals surface area contributed by atoms with Gasteiger partial charge < -0.3 is 14.6 Å². The molecule has 1 N–H and O–H groups in total. The van der Waals surface area contributed by atoms with Gasteiger partial charge in [-0.3, -0.25) is 4.79 Å². The van der Waals surface area contributed by atoms with Crippen LogP contribution in [-0.4, -0.2) is 29.5 Å². The van der Waals surface area contributed by atoms with Crippen LogP contribution in [-0.2, 0) is 9.53 Å². The average molecular weight is 371 g/mol. The fourth-order valence-corrected chi connectivity index (χ4v) is 3.13. The summed E-state index contributed by atoms with van der Waals surface area (Å²) in [5.74, 6) is -0.955. The van der Waals surface area contributed by atoms with E-state index in [2.05, 4.69) is 4.98 Å². The lowest BCUT2D eigenvalue weighted by Gasteiger charge is -2.26. The Bertz CT molecular complexity index is 935. The average Bonchev–Trinajstić information content (AvgIpc) is 2.98. The normalized spacial score (nSPS) is 10.9. The number of aromatic amines is 1. The molecule has 0 aliphatic rings. The number of halogens is 1. The molecular formula is C20H19ClN2O3. The lowest BCUT2D eigenvalue weighted by atomic mass is 10.2. The van der Waals surface area contributed by atoms with E-state index in [4.69, 9.17) is 16.3 Å². The highest BCUT2D eigenvalue weighted by molar-refractivity contribution is 6.38. The molecule has 3 rings (SSSR count). The van der Waals surface area contributed by atoms with E-state index < -0.39 is 5.97 Å². The van der Waals surface area contributed by atoms with Crippen molar-refractivity contribution in [3.63, 3.8) is 0 Å². The zero-order valence-electron chi connectivity index (χ0n) is 14.5. The first-order valence-corrected chi connectivity index (χ1v) is 8.67. The summed E-state index contributed by atoms with van der Waals surface area (Å²) < 4.78 is 5.21. The number of hydrogen-bond acceptors (Lipinski definition) is 3. The van der Waals surface area contributed by atoms with Crippen molar-refractivity contribution in [2.24, 2.45) is 0 Å². The predicted octanol–water partition coefficient (Wildman–Crippen LogP) is 4.42. The second-order valence-electron chi connectivity index (χ2n) is 6.13. The molecular weight excluding hydrogens is 352 g/mol. The molecule has 0 aliphatic carbocycles. The molecule has 0 spiro atoms. The minimum Gasteiger partial charge on any atom is -0.451 e. The van der Waals surface area contributed by atoms with Crippen molar-refractivity contribution >= 4 is 40.1 Å². The van der Waals surface area contributed by atoms with Crippen LogP contribution < -0.4 is 4.90 Å². The van der Waals surface area contributed by atoms with Crippen LogP contribution in [0.2, 0.25) is 5.02 Å². The van der Waals surface area contributed by atoms with E-state index in [1.54, 1.807) is 4.90 Å². The molecule has 0 saturated carbocycles. The van der Waals surface area contributed by atoms with Crippen LogP contribution in [0, 0.1) is 0 Å². The van der Waals surface area contributed by atoms with E-state index in [1.165, 1.54) is 0 Å². The van der Waals surface area contributed by atoms with E-state index in [0.717, 1.165) is 16.6 Å². The number of fused-ring (bicyclic) bond motifs is 1. The van der Waals surface area contributed by atoms with Crippen molar-refractivity contribution in [2.45, 2.75) is 19.9 Å². The van der Waals surface area contributed by atoms with Gasteiger partial charge in [-0.25, -0.2) is 4.79 Å². The third-order valence-electron chi connectivity index (χ3n) is 3.99. The third-order valence-corrected chi connectivity index (χ3v) is 4.39. The van der Waals surface area contributed by atoms with E-state index in [-0.39, 0.29) is 24.2 Å². The number of anilines is 1. The molecule has 0 bridgehead atoms. The zero-order chi connectivity index (χ0) is 18.7. The Morgan fingerprint density at radius 1 is 1.08 bits per heavy atom. The molecule has 6 heteroatoms. The number of nitrogens with one attached hydrogen (secondary N) is 1. The Morgan fingerprint density at radius 2 is 1.73 bits per heavy atom. The minimum atomic E-state index is -0.656. The highest BCUT2D eigenvalue weighted by Gasteiger charge is 2.23. The van der Waals surface area contributed by atoms with E-state index in [9.17, 15) is 9.59 Å². The number of H-pyrrole nitrogens is 1. The summed E-state index contributed by atoms with van der Waals surface area (Å²) in [6.07, 6.45) is 0. The molecule has 2 aromatic carbocycles. The molecule has 0 aliphatic heterocycles. The first-order chi connectivity index (χ1) is 12.5. The number of benzene rings is 2. The summed E-state index contributed by atoms with van der Waals surface area (Å²) in [5.41, 5.74) is 1.65. The van der Waals surface area contributed by atoms with Gasteiger partial charge in [0.05, 0.1) is 5.02 Å². The first-order valence-electron chi connectivity index (χ1n) is 8.29. The number of ether oxygens (including phenoxy) is 1. The number of amides is 1. The third kappa shape index (κ3) is 3.58. The molecule has 0 saturated heterocycles. The van der Waals surface area contributed by atoms with Crippen LogP contribution in [0.4, 0.5) is 5.69 Å². The molecule has 1 heterocycles. The SMILES string of the molecule is CC(C)N(C(=O)COC(=O)c1[nH]c2ccccc2c1Cl)c1ccccc1. The van der Waals surface area contributed by atoms with Gasteiger partial charge in [-0.2, -0.15) is 0 Å². The second-order valence-corrected chi connectivity index (χ2v) is 6.51. The zero-order valence-corrected chi connectivity index (χ0v) is 15.3. The molecule has 1 amide bonds. The van der Waals surface area contributed by atoms with Gasteiger partial charge in [-0.1, -0.05) is 48.0 Å². The van der Waals surface area contributed by atoms with Crippen LogP contribution in [0.3, 0.4) is 0 Å². The Labute approximate surface area is 156 Å². The number of aromatic nitrogens is 1. The predicted molar refractivity (Wildman–Crippen MR) is 103 cm³/mol. The molecule has 0 fully saturated rings. The van der Waals surface area contributed by atoms with Crippen LogP contribution in [0.1, 0.15) is 24.3 Å². The summed E-state index contributed by atoms with van der Waals surface area (Å²) in [5, 5.41) is 1.03. The van der Waals surface area contributed by atoms with Crippen molar-refractivity contribution in [1.82, 2.24) is 4.98 Å². The van der Waals surface area contributed by atoms with Crippen LogP contribution >= 0.6 is 11.6 Å². The molecule has 134 valence electrons. The highest BCUT2D eigenvalue weighted by Crippen LogP contribution is 2.27. The maximum absolute atomic E-state index is 12.6. The van der Waals surface area contributed by atoms with Crippen LogP contribution in [0.25, 0.3) is 10.9 Å². The number of esters is 1. The monoisotopic (exact) mass is 370 g/mol. The molecule has 3 aromatic rings. The van der Waals surface area contributed by atoms with Crippen molar-refractivity contribution in [1.29, 1.82) is 0 Å². The van der Waals surface area contributed by atoms with Crippen LogP contribution in [0.15, 0.2) is 54.6 Å². The Balaban J connectivity index is 1.73. The number of carbonyl (C=O) groups excluding carboxylic acids is 2. The van der Waals surface area contributed by atoms with Gasteiger partial charge >= 0.3 is 5.97 Å². The van der Waals surface area contributed by atoms with Gasteiger partial charge in [0.25, 0.3) is 5.91 Å². The van der Waals surface area contributed by atoms with E-state index in [1.807, 2.05) is 68.4 Å². The standard InChI is InChI=1S/C20H19ClN2O3/c1-13(2)23(14-8-4-3-5-9-14)17(24)12-26-20(25)19-18(21)15-10-6-7-11-16(15)22-19/h3-11,13,22H,12H2,1-2H3. The van der Waals surface area contributed by atoms with Gasteiger partial charge in [-0.05, 0) is 32.0 Å². The van der Waals surface area contributed by atoms with Crippen molar-refractivity contribution in [3.05, 3.63) is 65.3 Å². The lowest BCUT2D eigenvalue weighted by molar-refractivity contribution is -0.122. The fourth-order valence-electron chi connectivity index (χ4n) is 2.84. The van der Waals surface area contributed by atoms with Gasteiger partial charge in [0.15, 0.2) is 6.61 Å². The number of rotatable bonds is 5. The van der Waals surface area contributed by atoms with Gasteiger partial charge in [0, 0.05) is 22.6 Å². The summed E-state index contributed by atoms with van der Waals surface area (Å²) in [6, 6.07) is 16.5. The van der Waals surface area contributed by atoms with Gasteiger partial charge in [0.2, 0.25) is 0 Å². The molecule has 26 heavy (non-hydrogen) atoms. The maximum atomic E-state index is 12.6. The maximum Gasteiger partial charge on any atom is 0.356 e. The lowest BCUT2D eigenvalue weighted by Crippen LogP contribution is -2.39. The van der Waals surface area contributed by atoms with Gasteiger partial charge in [-0.15, -0.1) is 0 Å². The Morgan fingerprint density at radius 3 is 2.38 bits per heavy atom. The molecule has 5 nitrogen and oxygen atoms in total. The number of nitrogens with zero attached hydrogens (tertiary/aromatic N) is 1. The number of para-hydroxylation sites is 2. The molecule has 1 aromatic heterocycles. The summed E-state index contributed by atoms with van der Waals surface area (Å²) >= 11 is 6.25. The van der Waals surface area contributed by atoms with Crippen molar-refractivity contribution in [2.75, 3.05) is 11.5 Å². The summed E-state index contributed by atoms with van der Waals surface area (Å²) in [4.78, 5) is 29.5. The van der Waals surface area contributed by atoms with Crippen LogP contribution in [0.5, 0.6) is 0 Å². The van der Waals surface area contributed by atoms with Crippen molar-refractivity contribution < 1.29 is 14.3 Å². The first kappa shape index (κ1) is 18.0. The Hall–Kier alpha value is -2.79. The minimum absolute atomic E-state index is 0.0692. The molecule has 0 unspecified atom stereocenters. The second kappa shape index (κ2) is 7.62. The molecule has 0 atom stereocenters. The fraction of sp³-hybridized carbons (Fsp3) is 0.200. The number of hydrogen-bond donors (Lipinski definition) is 1. The van der Waals surface area contributed by atoms with Crippen molar-refractivity contribution in [3.8, 4) is 0 Å². The van der Waals surface area contributed by atoms with Gasteiger partial charge in [0.1, 0.15) is 5.69 Å². The number of carbonyl (C=O) groups is 2. The largest absolute Gasteiger partial charge is 0.451 e. The topological polar surface area (TPSA) is 62.4 Å². The Kier molecular flexibility index (Phi) is 5.28. The van der Waals surface area contributed by atoms with E-state index in [0.29, 0.717) is 5.02 Å². The quantitative estimate of drug-likeness (QED) is 0.676. The smallest absolute Gasteiger partial charge is 0.356 e.